The first-order chi connectivity index (χ1) is 10.7. The van der Waals surface area contributed by atoms with Crippen molar-refractivity contribution in [3.8, 4) is 11.1 Å². The van der Waals surface area contributed by atoms with E-state index in [-0.39, 0.29) is 0 Å². The molecule has 110 valence electrons. The molecule has 0 spiro atoms. The third-order valence-electron chi connectivity index (χ3n) is 3.25. The Labute approximate surface area is 131 Å². The lowest BCUT2D eigenvalue weighted by Gasteiger charge is -2.06. The Kier molecular flexibility index (Phi) is 5.38. The quantitative estimate of drug-likeness (QED) is 0.627. The molecule has 0 atom stereocenters. The summed E-state index contributed by atoms with van der Waals surface area (Å²) in [5.41, 5.74) is 16.5. The molecule has 2 heteroatoms. The molecule has 0 heterocycles. The molecule has 0 saturated carbocycles. The first-order valence-electron chi connectivity index (χ1n) is 7.08. The molecule has 0 radical (unpaired) electrons. The normalized spacial score (nSPS) is 12.1. The van der Waals surface area contributed by atoms with Gasteiger partial charge in [-0.25, -0.2) is 0 Å². The number of nitrogens with two attached hydrogens (primary N) is 2. The maximum Gasteiger partial charge on any atom is 0.0388 e. The van der Waals surface area contributed by atoms with E-state index in [0.29, 0.717) is 0 Å². The van der Waals surface area contributed by atoms with E-state index in [9.17, 15) is 0 Å². The number of hydrogen-bond donors (Lipinski definition) is 2. The standard InChI is InChI=1S/C20H20N2/c1-2-6-16(13-14-21)9-10-19-15-18(11-12-20(19)22)17-7-4-3-5-8-17/h2-15H,1,21-22H2/b10-9-,14-13+,16-6-. The summed E-state index contributed by atoms with van der Waals surface area (Å²) in [5, 5.41) is 0. The van der Waals surface area contributed by atoms with Crippen molar-refractivity contribution in [1.82, 2.24) is 0 Å². The van der Waals surface area contributed by atoms with Crippen molar-refractivity contribution in [2.24, 2.45) is 5.73 Å². The maximum absolute atomic E-state index is 6.07. The highest BCUT2D eigenvalue weighted by Gasteiger charge is 2.00. The fourth-order valence-corrected chi connectivity index (χ4v) is 2.13. The number of rotatable bonds is 5. The number of benzene rings is 2. The molecule has 2 aromatic carbocycles. The molecule has 2 nitrogen and oxygen atoms in total. The van der Waals surface area contributed by atoms with Crippen LogP contribution in [0.3, 0.4) is 0 Å². The van der Waals surface area contributed by atoms with Crippen molar-refractivity contribution in [1.29, 1.82) is 0 Å². The molecule has 0 saturated heterocycles. The second kappa shape index (κ2) is 7.70. The summed E-state index contributed by atoms with van der Waals surface area (Å²) in [5.74, 6) is 0. The average molecular weight is 288 g/mol. The molecule has 0 fully saturated rings. The van der Waals surface area contributed by atoms with Gasteiger partial charge in [0.15, 0.2) is 0 Å². The van der Waals surface area contributed by atoms with E-state index in [2.05, 4.69) is 24.8 Å². The highest BCUT2D eigenvalue weighted by atomic mass is 14.6. The molecule has 0 bridgehead atoms. The minimum Gasteiger partial charge on any atom is -0.405 e. The van der Waals surface area contributed by atoms with Gasteiger partial charge in [-0.2, -0.15) is 0 Å². The number of hydrogen-bond acceptors (Lipinski definition) is 2. The van der Waals surface area contributed by atoms with Crippen LogP contribution < -0.4 is 11.5 Å². The minimum absolute atomic E-state index is 0.741. The van der Waals surface area contributed by atoms with E-state index < -0.39 is 0 Å². The number of nitrogen functional groups attached to an aromatic ring is 1. The lowest BCUT2D eigenvalue weighted by molar-refractivity contribution is 1.55. The summed E-state index contributed by atoms with van der Waals surface area (Å²) >= 11 is 0. The van der Waals surface area contributed by atoms with E-state index in [0.717, 1.165) is 22.4 Å². The van der Waals surface area contributed by atoms with Crippen LogP contribution in [0.2, 0.25) is 0 Å². The topological polar surface area (TPSA) is 52.0 Å². The molecule has 2 aromatic rings. The zero-order valence-electron chi connectivity index (χ0n) is 12.4. The summed E-state index contributed by atoms with van der Waals surface area (Å²) in [4.78, 5) is 0. The SMILES string of the molecule is C=C/C=C(/C=C\c1cc(-c2ccccc2)ccc1N)\C=C\N. The van der Waals surface area contributed by atoms with Crippen molar-refractivity contribution in [2.75, 3.05) is 5.73 Å². The summed E-state index contributed by atoms with van der Waals surface area (Å²) in [6.07, 6.45) is 10.9. The zero-order chi connectivity index (χ0) is 15.8. The van der Waals surface area contributed by atoms with Crippen molar-refractivity contribution < 1.29 is 0 Å². The van der Waals surface area contributed by atoms with Gasteiger partial charge in [-0.1, -0.05) is 67.3 Å². The fraction of sp³-hybridized carbons (Fsp3) is 0. The number of anilines is 1. The van der Waals surface area contributed by atoms with Crippen molar-refractivity contribution >= 4 is 11.8 Å². The molecule has 4 N–H and O–H groups in total. The van der Waals surface area contributed by atoms with Crippen LogP contribution in [0.25, 0.3) is 17.2 Å². The molecule has 0 unspecified atom stereocenters. The summed E-state index contributed by atoms with van der Waals surface area (Å²) in [7, 11) is 0. The van der Waals surface area contributed by atoms with Gasteiger partial charge < -0.3 is 11.5 Å². The molecule has 0 aliphatic heterocycles. The van der Waals surface area contributed by atoms with Crippen LogP contribution >= 0.6 is 0 Å². The molecule has 0 aromatic heterocycles. The Morgan fingerprint density at radius 1 is 0.955 bits per heavy atom. The third kappa shape index (κ3) is 4.00. The van der Waals surface area contributed by atoms with Gasteiger partial charge in [-0.3, -0.25) is 0 Å². The van der Waals surface area contributed by atoms with E-state index in [4.69, 9.17) is 11.5 Å². The van der Waals surface area contributed by atoms with Gasteiger partial charge in [0, 0.05) is 5.69 Å². The molecule has 22 heavy (non-hydrogen) atoms. The lowest BCUT2D eigenvalue weighted by Crippen LogP contribution is -1.90. The molecule has 2 rings (SSSR count). The van der Waals surface area contributed by atoms with Crippen molar-refractivity contribution in [3.05, 3.63) is 96.8 Å². The average Bonchev–Trinajstić information content (AvgIpc) is 2.55. The Hall–Kier alpha value is -3.00. The van der Waals surface area contributed by atoms with Crippen LogP contribution in [0.5, 0.6) is 0 Å². The second-order valence-corrected chi connectivity index (χ2v) is 4.80. The molecule has 0 aliphatic rings. The van der Waals surface area contributed by atoms with E-state index in [1.54, 1.807) is 6.08 Å². The Morgan fingerprint density at radius 3 is 2.41 bits per heavy atom. The van der Waals surface area contributed by atoms with Gasteiger partial charge >= 0.3 is 0 Å². The molecular formula is C20H20N2. The van der Waals surface area contributed by atoms with Gasteiger partial charge in [-0.05, 0) is 46.7 Å². The van der Waals surface area contributed by atoms with Gasteiger partial charge in [0.05, 0.1) is 0 Å². The predicted molar refractivity (Wildman–Crippen MR) is 96.9 cm³/mol. The Bertz CT molecular complexity index is 723. The largest absolute Gasteiger partial charge is 0.405 e. The second-order valence-electron chi connectivity index (χ2n) is 4.80. The van der Waals surface area contributed by atoms with Crippen LogP contribution in [0.1, 0.15) is 5.56 Å². The van der Waals surface area contributed by atoms with Gasteiger partial charge in [0.2, 0.25) is 0 Å². The van der Waals surface area contributed by atoms with Gasteiger partial charge in [0.25, 0.3) is 0 Å². The summed E-state index contributed by atoms with van der Waals surface area (Å²) in [6, 6.07) is 16.3. The Balaban J connectivity index is 2.35. The highest BCUT2D eigenvalue weighted by molar-refractivity contribution is 5.74. The van der Waals surface area contributed by atoms with Crippen molar-refractivity contribution in [2.45, 2.75) is 0 Å². The maximum atomic E-state index is 6.07. The summed E-state index contributed by atoms with van der Waals surface area (Å²) in [6.45, 7) is 3.70. The van der Waals surface area contributed by atoms with Crippen molar-refractivity contribution in [3.63, 3.8) is 0 Å². The van der Waals surface area contributed by atoms with E-state index >= 15 is 0 Å². The zero-order valence-corrected chi connectivity index (χ0v) is 12.4. The molecule has 0 aliphatic carbocycles. The van der Waals surface area contributed by atoms with Crippen LogP contribution in [0.15, 0.2) is 91.2 Å². The fourth-order valence-electron chi connectivity index (χ4n) is 2.13. The van der Waals surface area contributed by atoms with Crippen LogP contribution in [0.4, 0.5) is 5.69 Å². The van der Waals surface area contributed by atoms with Crippen LogP contribution in [0, 0.1) is 0 Å². The molecular weight excluding hydrogens is 268 g/mol. The monoisotopic (exact) mass is 288 g/mol. The third-order valence-corrected chi connectivity index (χ3v) is 3.25. The highest BCUT2D eigenvalue weighted by Crippen LogP contribution is 2.24. The first kappa shape index (κ1) is 15.4. The van der Waals surface area contributed by atoms with E-state index in [1.807, 2.05) is 54.6 Å². The summed E-state index contributed by atoms with van der Waals surface area (Å²) < 4.78 is 0. The van der Waals surface area contributed by atoms with Gasteiger partial charge in [-0.15, -0.1) is 0 Å². The number of allylic oxidation sites excluding steroid dienone is 5. The van der Waals surface area contributed by atoms with E-state index in [1.165, 1.54) is 11.8 Å². The minimum atomic E-state index is 0.741. The lowest BCUT2D eigenvalue weighted by atomic mass is 10.0. The Morgan fingerprint density at radius 2 is 1.73 bits per heavy atom. The predicted octanol–water partition coefficient (Wildman–Crippen LogP) is 4.53. The van der Waals surface area contributed by atoms with Gasteiger partial charge in [0.1, 0.15) is 0 Å². The van der Waals surface area contributed by atoms with Crippen LogP contribution in [-0.2, 0) is 0 Å². The van der Waals surface area contributed by atoms with Crippen LogP contribution in [-0.4, -0.2) is 0 Å². The molecule has 0 amide bonds. The first-order valence-corrected chi connectivity index (χ1v) is 7.08. The smallest absolute Gasteiger partial charge is 0.0388 e.